The van der Waals surface area contributed by atoms with E-state index in [-0.39, 0.29) is 0 Å². The fourth-order valence-corrected chi connectivity index (χ4v) is 2.38. The van der Waals surface area contributed by atoms with Gasteiger partial charge in [0.2, 0.25) is 0 Å². The molecule has 94 valence electrons. The van der Waals surface area contributed by atoms with Gasteiger partial charge in [0, 0.05) is 24.4 Å². The minimum absolute atomic E-state index is 0.504. The van der Waals surface area contributed by atoms with Gasteiger partial charge in [-0.3, -0.25) is 0 Å². The van der Waals surface area contributed by atoms with Gasteiger partial charge in [-0.05, 0) is 37.8 Å². The van der Waals surface area contributed by atoms with Crippen LogP contribution in [0.15, 0.2) is 12.3 Å². The SMILES string of the molecule is CC(C)Cc1ccnc(C2CCCCNC2)n1. The van der Waals surface area contributed by atoms with Gasteiger partial charge in [0.1, 0.15) is 5.82 Å². The van der Waals surface area contributed by atoms with Crippen LogP contribution in [0.4, 0.5) is 0 Å². The van der Waals surface area contributed by atoms with Crippen molar-refractivity contribution in [1.29, 1.82) is 0 Å². The van der Waals surface area contributed by atoms with Gasteiger partial charge >= 0.3 is 0 Å². The Balaban J connectivity index is 2.08. The molecule has 1 aromatic heterocycles. The van der Waals surface area contributed by atoms with Gasteiger partial charge in [0.15, 0.2) is 0 Å². The van der Waals surface area contributed by atoms with Gasteiger partial charge in [-0.1, -0.05) is 20.3 Å². The third kappa shape index (κ3) is 3.77. The van der Waals surface area contributed by atoms with Crippen LogP contribution in [-0.2, 0) is 6.42 Å². The summed E-state index contributed by atoms with van der Waals surface area (Å²) >= 11 is 0. The Bertz CT molecular complexity index is 341. The molecule has 0 spiro atoms. The molecule has 0 saturated carbocycles. The zero-order valence-corrected chi connectivity index (χ0v) is 10.9. The van der Waals surface area contributed by atoms with Crippen molar-refractivity contribution in [3.63, 3.8) is 0 Å². The second-order valence-electron chi connectivity index (χ2n) is 5.40. The molecule has 1 N–H and O–H groups in total. The fraction of sp³-hybridized carbons (Fsp3) is 0.714. The van der Waals surface area contributed by atoms with Gasteiger partial charge in [-0.15, -0.1) is 0 Å². The second kappa shape index (κ2) is 6.10. The van der Waals surface area contributed by atoms with Crippen LogP contribution in [-0.4, -0.2) is 23.1 Å². The number of nitrogens with zero attached hydrogens (tertiary/aromatic N) is 2. The average Bonchev–Trinajstić information content (AvgIpc) is 2.57. The molecule has 1 atom stereocenters. The Hall–Kier alpha value is -0.960. The van der Waals surface area contributed by atoms with E-state index in [4.69, 9.17) is 4.98 Å². The summed E-state index contributed by atoms with van der Waals surface area (Å²) in [6.45, 7) is 6.64. The van der Waals surface area contributed by atoms with E-state index in [1.807, 2.05) is 12.3 Å². The van der Waals surface area contributed by atoms with Crippen molar-refractivity contribution in [3.05, 3.63) is 23.8 Å². The van der Waals surface area contributed by atoms with Crippen LogP contribution in [0.25, 0.3) is 0 Å². The normalized spacial score (nSPS) is 21.5. The number of rotatable bonds is 3. The topological polar surface area (TPSA) is 37.8 Å². The van der Waals surface area contributed by atoms with Crippen molar-refractivity contribution in [2.75, 3.05) is 13.1 Å². The Morgan fingerprint density at radius 3 is 3.12 bits per heavy atom. The van der Waals surface area contributed by atoms with E-state index in [9.17, 15) is 0 Å². The maximum atomic E-state index is 4.73. The third-order valence-corrected chi connectivity index (χ3v) is 3.26. The first-order valence-corrected chi connectivity index (χ1v) is 6.78. The predicted octanol–water partition coefficient (Wildman–Crippen LogP) is 2.53. The van der Waals surface area contributed by atoms with Crippen molar-refractivity contribution in [2.24, 2.45) is 5.92 Å². The third-order valence-electron chi connectivity index (χ3n) is 3.26. The summed E-state index contributed by atoms with van der Waals surface area (Å²) in [5.41, 5.74) is 1.19. The predicted molar refractivity (Wildman–Crippen MR) is 70.0 cm³/mol. The summed E-state index contributed by atoms with van der Waals surface area (Å²) < 4.78 is 0. The highest BCUT2D eigenvalue weighted by molar-refractivity contribution is 5.07. The number of hydrogen-bond acceptors (Lipinski definition) is 3. The van der Waals surface area contributed by atoms with Crippen molar-refractivity contribution >= 4 is 0 Å². The summed E-state index contributed by atoms with van der Waals surface area (Å²) in [4.78, 5) is 9.19. The molecular weight excluding hydrogens is 210 g/mol. The molecule has 3 nitrogen and oxygen atoms in total. The molecule has 1 aromatic rings. The minimum Gasteiger partial charge on any atom is -0.316 e. The summed E-state index contributed by atoms with van der Waals surface area (Å²) in [5.74, 6) is 2.20. The Kier molecular flexibility index (Phi) is 4.49. The molecule has 1 aliphatic rings. The molecule has 0 bridgehead atoms. The van der Waals surface area contributed by atoms with E-state index in [0.29, 0.717) is 11.8 Å². The van der Waals surface area contributed by atoms with Crippen molar-refractivity contribution in [2.45, 2.75) is 45.4 Å². The van der Waals surface area contributed by atoms with Gasteiger partial charge < -0.3 is 5.32 Å². The van der Waals surface area contributed by atoms with Gasteiger partial charge in [-0.25, -0.2) is 9.97 Å². The molecule has 0 amide bonds. The van der Waals surface area contributed by atoms with Gasteiger partial charge in [-0.2, -0.15) is 0 Å². The molecule has 0 radical (unpaired) electrons. The highest BCUT2D eigenvalue weighted by Gasteiger charge is 2.16. The zero-order chi connectivity index (χ0) is 12.1. The maximum Gasteiger partial charge on any atom is 0.132 e. The molecule has 1 aliphatic heterocycles. The summed E-state index contributed by atoms with van der Waals surface area (Å²) in [6.07, 6.45) is 6.76. The molecular formula is C14H23N3. The first-order valence-electron chi connectivity index (χ1n) is 6.78. The number of hydrogen-bond donors (Lipinski definition) is 1. The molecule has 0 aromatic carbocycles. The van der Waals surface area contributed by atoms with E-state index in [0.717, 1.165) is 25.3 Å². The molecule has 1 unspecified atom stereocenters. The van der Waals surface area contributed by atoms with Crippen molar-refractivity contribution in [3.8, 4) is 0 Å². The van der Waals surface area contributed by atoms with Crippen molar-refractivity contribution in [1.82, 2.24) is 15.3 Å². The smallest absolute Gasteiger partial charge is 0.132 e. The van der Waals surface area contributed by atoms with Gasteiger partial charge in [0.25, 0.3) is 0 Å². The highest BCUT2D eigenvalue weighted by atomic mass is 14.9. The lowest BCUT2D eigenvalue weighted by atomic mass is 10.0. The van der Waals surface area contributed by atoms with E-state index in [1.165, 1.54) is 25.0 Å². The Morgan fingerprint density at radius 2 is 2.29 bits per heavy atom. The molecule has 0 aliphatic carbocycles. The molecule has 17 heavy (non-hydrogen) atoms. The maximum absolute atomic E-state index is 4.73. The molecule has 1 fully saturated rings. The lowest BCUT2D eigenvalue weighted by molar-refractivity contribution is 0.566. The van der Waals surface area contributed by atoms with E-state index in [1.54, 1.807) is 0 Å². The lowest BCUT2D eigenvalue weighted by Gasteiger charge is -2.13. The standard InChI is InChI=1S/C14H23N3/c1-11(2)9-13-6-8-16-14(17-13)12-5-3-4-7-15-10-12/h6,8,11-12,15H,3-5,7,9-10H2,1-2H3. The van der Waals surface area contributed by atoms with E-state index >= 15 is 0 Å². The Morgan fingerprint density at radius 1 is 1.41 bits per heavy atom. The molecule has 2 rings (SSSR count). The van der Waals surface area contributed by atoms with E-state index in [2.05, 4.69) is 24.1 Å². The average molecular weight is 233 g/mol. The van der Waals surface area contributed by atoms with Crippen LogP contribution in [0.2, 0.25) is 0 Å². The molecule has 3 heteroatoms. The molecule has 1 saturated heterocycles. The minimum atomic E-state index is 0.504. The summed E-state index contributed by atoms with van der Waals surface area (Å²) in [6, 6.07) is 2.05. The fourth-order valence-electron chi connectivity index (χ4n) is 2.38. The zero-order valence-electron chi connectivity index (χ0n) is 10.9. The highest BCUT2D eigenvalue weighted by Crippen LogP contribution is 2.20. The monoisotopic (exact) mass is 233 g/mol. The number of nitrogens with one attached hydrogen (secondary N) is 1. The van der Waals surface area contributed by atoms with Crippen LogP contribution in [0, 0.1) is 5.92 Å². The molecule has 2 heterocycles. The van der Waals surface area contributed by atoms with E-state index < -0.39 is 0 Å². The largest absolute Gasteiger partial charge is 0.316 e. The van der Waals surface area contributed by atoms with Crippen LogP contribution in [0.1, 0.15) is 50.5 Å². The van der Waals surface area contributed by atoms with Crippen LogP contribution in [0.5, 0.6) is 0 Å². The summed E-state index contributed by atoms with van der Waals surface area (Å²) in [5, 5.41) is 3.48. The number of aromatic nitrogens is 2. The van der Waals surface area contributed by atoms with Crippen molar-refractivity contribution < 1.29 is 0 Å². The van der Waals surface area contributed by atoms with Crippen LogP contribution < -0.4 is 5.32 Å². The quantitative estimate of drug-likeness (QED) is 0.871. The summed E-state index contributed by atoms with van der Waals surface area (Å²) in [7, 11) is 0. The van der Waals surface area contributed by atoms with Crippen LogP contribution in [0.3, 0.4) is 0 Å². The van der Waals surface area contributed by atoms with Crippen LogP contribution >= 0.6 is 0 Å². The first kappa shape index (κ1) is 12.5. The Labute approximate surface area is 104 Å². The van der Waals surface area contributed by atoms with Gasteiger partial charge in [0.05, 0.1) is 0 Å². The lowest BCUT2D eigenvalue weighted by Crippen LogP contribution is -2.21. The second-order valence-corrected chi connectivity index (χ2v) is 5.40. The first-order chi connectivity index (χ1) is 8.25.